The molecule has 0 spiro atoms. The molecule has 138 valence electrons. The van der Waals surface area contributed by atoms with Crippen molar-refractivity contribution in [2.75, 3.05) is 18.1 Å². The van der Waals surface area contributed by atoms with Gasteiger partial charge in [-0.15, -0.1) is 0 Å². The molecule has 2 atom stereocenters. The molecule has 0 radical (unpaired) electrons. The monoisotopic (exact) mass is 579 g/mol. The van der Waals surface area contributed by atoms with Gasteiger partial charge in [-0.1, -0.05) is 13.3 Å². The molecule has 8 heteroatoms. The first kappa shape index (κ1) is 22.1. The van der Waals surface area contributed by atoms with Crippen LogP contribution in [0.3, 0.4) is 0 Å². The molecule has 0 aliphatic rings. The number of unbranched alkanes of at least 4 members (excludes halogenated alkanes) is 1. The Hall–Kier alpha value is 0.0600. The molecular weight excluding hydrogens is 554 g/mol. The van der Waals surface area contributed by atoms with Crippen molar-refractivity contribution in [1.29, 1.82) is 4.78 Å². The Morgan fingerprint density at radius 2 is 2.12 bits per heavy atom. The van der Waals surface area contributed by atoms with Gasteiger partial charge in [0.15, 0.2) is 0 Å². The van der Waals surface area contributed by atoms with Crippen molar-refractivity contribution < 1.29 is 31.0 Å². The number of halogens is 2. The Labute approximate surface area is 164 Å². The van der Waals surface area contributed by atoms with E-state index in [2.05, 4.69) is 24.7 Å². The molecule has 0 bridgehead atoms. The molecule has 1 unspecified atom stereocenters. The zero-order valence-corrected chi connectivity index (χ0v) is 18.9. The third kappa shape index (κ3) is 8.43. The number of rotatable bonds is 11. The second kappa shape index (κ2) is 11.6. The molecule has 0 aromatic heterocycles. The Morgan fingerprint density at radius 1 is 1.42 bits per heavy atom. The van der Waals surface area contributed by atoms with E-state index in [-0.39, 0.29) is 29.4 Å². The van der Waals surface area contributed by atoms with Gasteiger partial charge in [0.1, 0.15) is 0 Å². The number of ether oxygens (including phenoxy) is 1. The number of hydrogen-bond acceptors (Lipinski definition) is 5. The fourth-order valence-corrected chi connectivity index (χ4v) is 7.12. The van der Waals surface area contributed by atoms with Crippen LogP contribution >= 0.6 is 18.6 Å². The number of carbonyl (C=O) groups excluding carboxylic acids is 1. The van der Waals surface area contributed by atoms with Crippen LogP contribution in [0.2, 0.25) is 0 Å². The van der Waals surface area contributed by atoms with E-state index in [4.69, 9.17) is 15.3 Å². The van der Waals surface area contributed by atoms with Crippen molar-refractivity contribution in [3.05, 3.63) is 33.4 Å². The van der Waals surface area contributed by atoms with Gasteiger partial charge in [-0.25, -0.2) is 0 Å². The van der Waals surface area contributed by atoms with Crippen LogP contribution in [0.4, 0.5) is 0 Å². The Balaban J connectivity index is 2.44. The Bertz CT molecular complexity index is 624. The molecule has 0 saturated heterocycles. The van der Waals surface area contributed by atoms with Crippen LogP contribution in [0.15, 0.2) is 24.3 Å². The molecule has 24 heavy (non-hydrogen) atoms. The minimum atomic E-state index is -2.74. The molecule has 0 aliphatic carbocycles. The normalized spacial score (nSPS) is 15.0. The minimum absolute atomic E-state index is 0.0624. The summed E-state index contributed by atoms with van der Waals surface area (Å²) >= 11 is 2.35. The molecule has 0 heterocycles. The second-order valence-corrected chi connectivity index (χ2v) is 12.3. The first-order valence-corrected chi connectivity index (χ1v) is 17.2. The van der Waals surface area contributed by atoms with Gasteiger partial charge in [-0.05, 0) is 0 Å². The van der Waals surface area contributed by atoms with Crippen molar-refractivity contribution in [3.63, 3.8) is 0 Å². The fourth-order valence-electron chi connectivity index (χ4n) is 2.01. The summed E-state index contributed by atoms with van der Waals surface area (Å²) in [5.41, 5.74) is 6.96. The van der Waals surface area contributed by atoms with Gasteiger partial charge in [0, 0.05) is 0 Å². The maximum absolute atomic E-state index is 12.4. The quantitative estimate of drug-likeness (QED) is 0.219. The standard InChI is InChI=1S/C16H25I2N2O3S/c1-2-3-10-23-16(21)15(19)9-12-24(20,22)11-8-13-6-4-5-7-14(13)18-17/h4-7,15,20H,2-3,8-12,19H2,1H3/q-1/t15-,24?/m0/s1. The van der Waals surface area contributed by atoms with Gasteiger partial charge in [0.2, 0.25) is 0 Å². The molecule has 5 nitrogen and oxygen atoms in total. The number of aryl methyl sites for hydroxylation is 1. The predicted molar refractivity (Wildman–Crippen MR) is 102 cm³/mol. The molecule has 1 rings (SSSR count). The fraction of sp³-hybridized carbons (Fsp3) is 0.562. The third-order valence-corrected chi connectivity index (χ3v) is 9.74. The van der Waals surface area contributed by atoms with Crippen molar-refractivity contribution >= 4 is 34.3 Å². The molecule has 1 aromatic carbocycles. The summed E-state index contributed by atoms with van der Waals surface area (Å²) in [5.74, 6) is -0.0146. The average Bonchev–Trinajstić information content (AvgIpc) is 2.58. The number of nitrogens with one attached hydrogen (secondary N) is 1. The summed E-state index contributed by atoms with van der Waals surface area (Å²) < 4.78 is 26.8. The summed E-state index contributed by atoms with van der Waals surface area (Å²) in [6.45, 7) is 2.39. The topological polar surface area (TPSA) is 93.2 Å². The summed E-state index contributed by atoms with van der Waals surface area (Å²) in [6.07, 6.45) is 2.63. The number of esters is 1. The van der Waals surface area contributed by atoms with Crippen LogP contribution in [0.5, 0.6) is 0 Å². The molecular formula is C16H25I2N2O3S-. The third-order valence-electron chi connectivity index (χ3n) is 3.54. The zero-order chi connectivity index (χ0) is 18.0. The van der Waals surface area contributed by atoms with E-state index in [1.807, 2.05) is 25.1 Å². The number of hydrogen-bond donors (Lipinski definition) is 2. The van der Waals surface area contributed by atoms with E-state index in [9.17, 15) is 9.00 Å². The molecule has 0 saturated carbocycles. The first-order valence-electron chi connectivity index (χ1n) is 7.90. The SMILES string of the molecule is CCCCOC(=O)[C@@H](N)CCS(=N)(=O)CCc1ccccc1[I-]I. The maximum atomic E-state index is 12.4. The van der Waals surface area contributed by atoms with Crippen molar-refractivity contribution in [2.45, 2.75) is 38.6 Å². The van der Waals surface area contributed by atoms with E-state index in [1.165, 1.54) is 9.13 Å². The van der Waals surface area contributed by atoms with Gasteiger partial charge in [-0.2, -0.15) is 0 Å². The molecule has 0 aliphatic heterocycles. The van der Waals surface area contributed by atoms with Crippen molar-refractivity contribution in [2.24, 2.45) is 5.73 Å². The summed E-state index contributed by atoms with van der Waals surface area (Å²) in [6, 6.07) is 7.34. The predicted octanol–water partition coefficient (Wildman–Crippen LogP) is -0.0548. The molecule has 3 N–H and O–H groups in total. The van der Waals surface area contributed by atoms with Crippen LogP contribution in [0, 0.1) is 8.35 Å². The Morgan fingerprint density at radius 3 is 2.79 bits per heavy atom. The van der Waals surface area contributed by atoms with E-state index in [1.54, 1.807) is 0 Å². The van der Waals surface area contributed by atoms with Crippen LogP contribution in [-0.4, -0.2) is 34.3 Å². The van der Waals surface area contributed by atoms with E-state index in [0.29, 0.717) is 18.8 Å². The van der Waals surface area contributed by atoms with Gasteiger partial charge >= 0.3 is 153 Å². The summed E-state index contributed by atoms with van der Waals surface area (Å²) in [5, 5.41) is 0. The second-order valence-electron chi connectivity index (χ2n) is 5.55. The number of carbonyl (C=O) groups is 1. The zero-order valence-electron chi connectivity index (χ0n) is 13.8. The molecule has 0 fully saturated rings. The van der Waals surface area contributed by atoms with Gasteiger partial charge in [0.25, 0.3) is 0 Å². The number of nitrogens with two attached hydrogens (primary N) is 1. The molecule has 0 amide bonds. The summed E-state index contributed by atoms with van der Waals surface area (Å²) in [4.78, 5) is 11.7. The summed E-state index contributed by atoms with van der Waals surface area (Å²) in [7, 11) is -2.74. The van der Waals surface area contributed by atoms with E-state index in [0.717, 1.165) is 12.8 Å². The van der Waals surface area contributed by atoms with Crippen LogP contribution in [0.25, 0.3) is 0 Å². The molecule has 1 aromatic rings. The van der Waals surface area contributed by atoms with Gasteiger partial charge in [0.05, 0.1) is 0 Å². The van der Waals surface area contributed by atoms with Gasteiger partial charge < -0.3 is 0 Å². The van der Waals surface area contributed by atoms with Crippen molar-refractivity contribution in [1.82, 2.24) is 0 Å². The van der Waals surface area contributed by atoms with E-state index < -0.39 is 21.7 Å². The number of benzene rings is 1. The van der Waals surface area contributed by atoms with Crippen molar-refractivity contribution in [3.8, 4) is 0 Å². The average molecular weight is 579 g/mol. The Kier molecular flexibility index (Phi) is 10.7. The van der Waals surface area contributed by atoms with Crippen LogP contribution in [-0.2, 0) is 25.7 Å². The van der Waals surface area contributed by atoms with Crippen LogP contribution < -0.4 is 23.0 Å². The van der Waals surface area contributed by atoms with E-state index >= 15 is 0 Å². The first-order chi connectivity index (χ1) is 11.4. The van der Waals surface area contributed by atoms with Crippen LogP contribution in [0.1, 0.15) is 31.7 Å². The van der Waals surface area contributed by atoms with Gasteiger partial charge in [-0.3, -0.25) is 0 Å².